The Balaban J connectivity index is 1.69. The number of halogens is 2. The van der Waals surface area contributed by atoms with Crippen LogP contribution in [0.1, 0.15) is 5.69 Å². The molecule has 1 N–H and O–H groups in total. The topological polar surface area (TPSA) is 54.9 Å². The van der Waals surface area contributed by atoms with Crippen molar-refractivity contribution in [2.75, 3.05) is 5.32 Å². The number of hydrogen-bond acceptors (Lipinski definition) is 4. The summed E-state index contributed by atoms with van der Waals surface area (Å²) in [6.07, 6.45) is 3.46. The molecule has 3 rings (SSSR count). The van der Waals surface area contributed by atoms with Crippen molar-refractivity contribution in [3.63, 3.8) is 0 Å². The number of pyridine rings is 1. The van der Waals surface area contributed by atoms with E-state index in [9.17, 15) is 9.18 Å². The van der Waals surface area contributed by atoms with E-state index in [4.69, 9.17) is 11.6 Å². The number of amides is 1. The molecule has 0 unspecified atom stereocenters. The molecule has 116 valence electrons. The standard InChI is InChI=1S/C16H11ClFN3OS/c17-12-4-1-5-13(15(12)18)21-14(22)7-11-9-23-16(20-11)10-3-2-6-19-8-10/h1-6,8-9H,7H2,(H,21,22). The Morgan fingerprint density at radius 1 is 1.30 bits per heavy atom. The molecular weight excluding hydrogens is 337 g/mol. The Morgan fingerprint density at radius 2 is 2.17 bits per heavy atom. The number of thiazole rings is 1. The van der Waals surface area contributed by atoms with Crippen LogP contribution in [0.15, 0.2) is 48.1 Å². The molecule has 23 heavy (non-hydrogen) atoms. The highest BCUT2D eigenvalue weighted by Gasteiger charge is 2.12. The van der Waals surface area contributed by atoms with E-state index in [1.165, 1.54) is 23.5 Å². The quantitative estimate of drug-likeness (QED) is 0.770. The van der Waals surface area contributed by atoms with Crippen LogP contribution in [-0.2, 0) is 11.2 Å². The van der Waals surface area contributed by atoms with Crippen LogP contribution in [0, 0.1) is 5.82 Å². The second-order valence-corrected chi connectivity index (χ2v) is 5.98. The van der Waals surface area contributed by atoms with E-state index < -0.39 is 5.82 Å². The molecule has 1 amide bonds. The maximum absolute atomic E-state index is 13.8. The zero-order valence-electron chi connectivity index (χ0n) is 11.8. The van der Waals surface area contributed by atoms with Crippen molar-refractivity contribution in [3.8, 4) is 10.6 Å². The van der Waals surface area contributed by atoms with Gasteiger partial charge < -0.3 is 5.32 Å². The third-order valence-electron chi connectivity index (χ3n) is 3.03. The van der Waals surface area contributed by atoms with Crippen molar-refractivity contribution in [2.24, 2.45) is 0 Å². The zero-order valence-corrected chi connectivity index (χ0v) is 13.4. The summed E-state index contributed by atoms with van der Waals surface area (Å²) in [4.78, 5) is 20.5. The molecule has 0 aliphatic carbocycles. The van der Waals surface area contributed by atoms with Gasteiger partial charge in [0.05, 0.1) is 22.8 Å². The maximum atomic E-state index is 13.8. The third-order valence-corrected chi connectivity index (χ3v) is 4.26. The average Bonchev–Trinajstić information content (AvgIpc) is 3.01. The van der Waals surface area contributed by atoms with Crippen LogP contribution in [0.25, 0.3) is 10.6 Å². The Morgan fingerprint density at radius 3 is 2.96 bits per heavy atom. The van der Waals surface area contributed by atoms with Gasteiger partial charge in [0.15, 0.2) is 5.82 Å². The number of nitrogens with zero attached hydrogens (tertiary/aromatic N) is 2. The molecule has 7 heteroatoms. The van der Waals surface area contributed by atoms with Crippen molar-refractivity contribution in [3.05, 3.63) is 64.6 Å². The van der Waals surface area contributed by atoms with Crippen LogP contribution in [0.2, 0.25) is 5.02 Å². The minimum atomic E-state index is -0.642. The van der Waals surface area contributed by atoms with Gasteiger partial charge in [-0.25, -0.2) is 9.37 Å². The third kappa shape index (κ3) is 3.72. The van der Waals surface area contributed by atoms with Crippen LogP contribution in [0.3, 0.4) is 0 Å². The minimum Gasteiger partial charge on any atom is -0.323 e. The Kier molecular flexibility index (Phi) is 4.64. The first-order valence-electron chi connectivity index (χ1n) is 6.72. The minimum absolute atomic E-state index is 0.0321. The highest BCUT2D eigenvalue weighted by molar-refractivity contribution is 7.13. The molecule has 0 fully saturated rings. The lowest BCUT2D eigenvalue weighted by atomic mass is 10.2. The van der Waals surface area contributed by atoms with Crippen molar-refractivity contribution in [1.82, 2.24) is 9.97 Å². The van der Waals surface area contributed by atoms with E-state index in [0.717, 1.165) is 10.6 Å². The number of aromatic nitrogens is 2. The van der Waals surface area contributed by atoms with Gasteiger partial charge in [-0.05, 0) is 24.3 Å². The highest BCUT2D eigenvalue weighted by atomic mass is 35.5. The predicted octanol–water partition coefficient (Wildman–Crippen LogP) is 4.18. The van der Waals surface area contributed by atoms with Gasteiger partial charge in [-0.2, -0.15) is 0 Å². The fraction of sp³-hybridized carbons (Fsp3) is 0.0625. The van der Waals surface area contributed by atoms with E-state index >= 15 is 0 Å². The van der Waals surface area contributed by atoms with Crippen molar-refractivity contribution >= 4 is 34.5 Å². The summed E-state index contributed by atoms with van der Waals surface area (Å²) in [5.74, 6) is -0.994. The van der Waals surface area contributed by atoms with Gasteiger partial charge in [-0.15, -0.1) is 11.3 Å². The van der Waals surface area contributed by atoms with Gasteiger partial charge in [-0.3, -0.25) is 9.78 Å². The maximum Gasteiger partial charge on any atom is 0.230 e. The van der Waals surface area contributed by atoms with Crippen LogP contribution in [0.4, 0.5) is 10.1 Å². The first kappa shape index (κ1) is 15.6. The average molecular weight is 348 g/mol. The molecule has 1 aromatic carbocycles. The number of nitrogens with one attached hydrogen (secondary N) is 1. The zero-order chi connectivity index (χ0) is 16.2. The summed E-state index contributed by atoms with van der Waals surface area (Å²) >= 11 is 7.12. The van der Waals surface area contributed by atoms with Gasteiger partial charge >= 0.3 is 0 Å². The molecule has 0 atom stereocenters. The fourth-order valence-corrected chi connectivity index (χ4v) is 2.95. The lowest BCUT2D eigenvalue weighted by molar-refractivity contribution is -0.115. The molecule has 0 aliphatic rings. The van der Waals surface area contributed by atoms with Crippen molar-refractivity contribution in [2.45, 2.75) is 6.42 Å². The molecule has 0 radical (unpaired) electrons. The van der Waals surface area contributed by atoms with E-state index in [2.05, 4.69) is 15.3 Å². The van der Waals surface area contributed by atoms with E-state index in [0.29, 0.717) is 5.69 Å². The molecule has 0 bridgehead atoms. The summed E-state index contributed by atoms with van der Waals surface area (Å²) in [7, 11) is 0. The van der Waals surface area contributed by atoms with E-state index in [1.807, 2.05) is 12.1 Å². The molecule has 3 aromatic rings. The number of carbonyl (C=O) groups excluding carboxylic acids is 1. The number of rotatable bonds is 4. The number of anilines is 1. The summed E-state index contributed by atoms with van der Waals surface area (Å²) in [5.41, 5.74) is 1.57. The number of carbonyl (C=O) groups is 1. The molecule has 0 saturated heterocycles. The molecule has 4 nitrogen and oxygen atoms in total. The molecule has 0 saturated carbocycles. The smallest absolute Gasteiger partial charge is 0.230 e. The van der Waals surface area contributed by atoms with E-state index in [-0.39, 0.29) is 23.0 Å². The second kappa shape index (κ2) is 6.85. The van der Waals surface area contributed by atoms with Gasteiger partial charge in [-0.1, -0.05) is 17.7 Å². The Bertz CT molecular complexity index is 838. The molecule has 0 spiro atoms. The van der Waals surface area contributed by atoms with Gasteiger partial charge in [0.25, 0.3) is 0 Å². The van der Waals surface area contributed by atoms with Gasteiger partial charge in [0.2, 0.25) is 5.91 Å². The molecule has 2 heterocycles. The largest absolute Gasteiger partial charge is 0.323 e. The van der Waals surface area contributed by atoms with Crippen LogP contribution in [-0.4, -0.2) is 15.9 Å². The molecule has 0 aliphatic heterocycles. The van der Waals surface area contributed by atoms with E-state index in [1.54, 1.807) is 23.8 Å². The SMILES string of the molecule is O=C(Cc1csc(-c2cccnc2)n1)Nc1cccc(Cl)c1F. The fourth-order valence-electron chi connectivity index (χ4n) is 1.97. The summed E-state index contributed by atoms with van der Waals surface area (Å²) in [6, 6.07) is 8.18. The Hall–Kier alpha value is -2.31. The van der Waals surface area contributed by atoms with Gasteiger partial charge in [0, 0.05) is 23.3 Å². The summed E-state index contributed by atoms with van der Waals surface area (Å²) < 4.78 is 13.8. The normalized spacial score (nSPS) is 10.5. The van der Waals surface area contributed by atoms with Crippen LogP contribution < -0.4 is 5.32 Å². The Labute approximate surface area is 141 Å². The molecular formula is C16H11ClFN3OS. The predicted molar refractivity (Wildman–Crippen MR) is 89.1 cm³/mol. The first-order chi connectivity index (χ1) is 11.1. The van der Waals surface area contributed by atoms with Crippen molar-refractivity contribution in [1.29, 1.82) is 0 Å². The summed E-state index contributed by atoms with van der Waals surface area (Å²) in [6.45, 7) is 0. The first-order valence-corrected chi connectivity index (χ1v) is 7.98. The lowest BCUT2D eigenvalue weighted by Gasteiger charge is -2.06. The highest BCUT2D eigenvalue weighted by Crippen LogP contribution is 2.24. The van der Waals surface area contributed by atoms with Gasteiger partial charge in [0.1, 0.15) is 5.01 Å². The number of benzene rings is 1. The second-order valence-electron chi connectivity index (χ2n) is 4.71. The summed E-state index contributed by atoms with van der Waals surface area (Å²) in [5, 5.41) is 5.06. The lowest BCUT2D eigenvalue weighted by Crippen LogP contribution is -2.15. The molecule has 2 aromatic heterocycles. The monoisotopic (exact) mass is 347 g/mol. The van der Waals surface area contributed by atoms with Crippen molar-refractivity contribution < 1.29 is 9.18 Å². The van der Waals surface area contributed by atoms with Crippen LogP contribution in [0.5, 0.6) is 0 Å². The number of hydrogen-bond donors (Lipinski definition) is 1. The van der Waals surface area contributed by atoms with Crippen LogP contribution >= 0.6 is 22.9 Å².